The monoisotopic (exact) mass is 336 g/mol. The molecule has 3 rings (SSSR count). The quantitative estimate of drug-likeness (QED) is 0.547. The van der Waals surface area contributed by atoms with Crippen LogP contribution in [-0.4, -0.2) is 0 Å². The first-order valence-electron chi connectivity index (χ1n) is 9.55. The normalized spacial score (nSPS) is 30.6. The minimum Gasteiger partial charge on any atom is -0.204 e. The van der Waals surface area contributed by atoms with Gasteiger partial charge < -0.3 is 0 Å². The van der Waals surface area contributed by atoms with E-state index in [9.17, 15) is 8.78 Å². The Morgan fingerprint density at radius 2 is 1.42 bits per heavy atom. The zero-order valence-corrected chi connectivity index (χ0v) is 14.4. The van der Waals surface area contributed by atoms with Gasteiger partial charge in [-0.3, -0.25) is 0 Å². The molecule has 0 aromatic heterocycles. The Hall–Kier alpha value is -0.920. The number of hydrogen-bond donors (Lipinski definition) is 0. The SMILES string of the molecule is C.CC1CCC(C2CCC(CCc3ccc(F)c(F)c3)CC2)CC1. The van der Waals surface area contributed by atoms with Crippen LogP contribution in [0.4, 0.5) is 8.78 Å². The van der Waals surface area contributed by atoms with Crippen molar-refractivity contribution in [2.24, 2.45) is 23.7 Å². The Bertz CT molecular complexity index is 495. The number of halogens is 2. The third-order valence-corrected chi connectivity index (χ3v) is 6.44. The average Bonchev–Trinajstić information content (AvgIpc) is 2.57. The van der Waals surface area contributed by atoms with Crippen molar-refractivity contribution < 1.29 is 8.78 Å². The van der Waals surface area contributed by atoms with Crippen LogP contribution in [0, 0.1) is 35.3 Å². The largest absolute Gasteiger partial charge is 0.204 e. The van der Waals surface area contributed by atoms with Crippen LogP contribution < -0.4 is 0 Å². The highest BCUT2D eigenvalue weighted by Crippen LogP contribution is 2.42. The first-order valence-corrected chi connectivity index (χ1v) is 9.55. The summed E-state index contributed by atoms with van der Waals surface area (Å²) in [5.74, 6) is 2.22. The van der Waals surface area contributed by atoms with Crippen molar-refractivity contribution in [1.82, 2.24) is 0 Å². The molecule has 2 heteroatoms. The molecule has 1 aromatic rings. The summed E-state index contributed by atoms with van der Waals surface area (Å²) in [7, 11) is 0. The Morgan fingerprint density at radius 3 is 2.00 bits per heavy atom. The maximum atomic E-state index is 13.3. The minimum absolute atomic E-state index is 0. The van der Waals surface area contributed by atoms with E-state index in [4.69, 9.17) is 0 Å². The van der Waals surface area contributed by atoms with Crippen molar-refractivity contribution in [3.8, 4) is 0 Å². The topological polar surface area (TPSA) is 0 Å². The van der Waals surface area contributed by atoms with Crippen molar-refractivity contribution in [1.29, 1.82) is 0 Å². The van der Waals surface area contributed by atoms with Crippen LogP contribution in [0.25, 0.3) is 0 Å². The van der Waals surface area contributed by atoms with Gasteiger partial charge in [-0.2, -0.15) is 0 Å². The Labute approximate surface area is 147 Å². The van der Waals surface area contributed by atoms with Crippen LogP contribution in [0.2, 0.25) is 0 Å². The van der Waals surface area contributed by atoms with Crippen LogP contribution in [0.5, 0.6) is 0 Å². The molecule has 136 valence electrons. The summed E-state index contributed by atoms with van der Waals surface area (Å²) < 4.78 is 26.2. The molecule has 2 aliphatic rings. The van der Waals surface area contributed by atoms with Gasteiger partial charge in [0, 0.05) is 0 Å². The first kappa shape index (κ1) is 19.4. The minimum atomic E-state index is -0.740. The zero-order valence-electron chi connectivity index (χ0n) is 14.4. The highest BCUT2D eigenvalue weighted by molar-refractivity contribution is 5.17. The molecule has 0 unspecified atom stereocenters. The second-order valence-corrected chi connectivity index (χ2v) is 8.09. The lowest BCUT2D eigenvalue weighted by Crippen LogP contribution is -2.25. The number of hydrogen-bond acceptors (Lipinski definition) is 0. The standard InChI is InChI=1S/C21H30F2.CH4/c1-15-2-9-18(10-3-15)19-11-6-16(7-12-19)4-5-17-8-13-20(22)21(23)14-17;/h8,13-16,18-19H,2-7,9-12H2,1H3;1H4. The molecule has 2 fully saturated rings. The maximum absolute atomic E-state index is 13.3. The molecule has 0 spiro atoms. The van der Waals surface area contributed by atoms with E-state index in [0.717, 1.165) is 42.1 Å². The molecule has 0 aliphatic heterocycles. The van der Waals surface area contributed by atoms with Gasteiger partial charge in [0.1, 0.15) is 0 Å². The Kier molecular flexibility index (Phi) is 7.25. The number of aryl methyl sites for hydroxylation is 1. The molecule has 24 heavy (non-hydrogen) atoms. The smallest absolute Gasteiger partial charge is 0.159 e. The van der Waals surface area contributed by atoms with E-state index in [1.54, 1.807) is 6.07 Å². The molecule has 2 saturated carbocycles. The lowest BCUT2D eigenvalue weighted by molar-refractivity contribution is 0.148. The molecule has 0 N–H and O–H groups in total. The van der Waals surface area contributed by atoms with Gasteiger partial charge in [0.2, 0.25) is 0 Å². The fourth-order valence-corrected chi connectivity index (χ4v) is 4.77. The number of benzene rings is 1. The van der Waals surface area contributed by atoms with Crippen LogP contribution >= 0.6 is 0 Å². The molecule has 0 atom stereocenters. The van der Waals surface area contributed by atoms with Gasteiger partial charge in [0.15, 0.2) is 11.6 Å². The van der Waals surface area contributed by atoms with Crippen molar-refractivity contribution in [2.45, 2.75) is 78.6 Å². The van der Waals surface area contributed by atoms with Gasteiger partial charge in [-0.25, -0.2) is 8.78 Å². The highest BCUT2D eigenvalue weighted by atomic mass is 19.2. The zero-order chi connectivity index (χ0) is 16.2. The summed E-state index contributed by atoms with van der Waals surface area (Å²) in [6, 6.07) is 4.35. The van der Waals surface area contributed by atoms with E-state index in [-0.39, 0.29) is 7.43 Å². The Balaban J connectivity index is 0.00000208. The third kappa shape index (κ3) is 5.04. The summed E-state index contributed by atoms with van der Waals surface area (Å²) in [6.07, 6.45) is 13.2. The lowest BCUT2D eigenvalue weighted by Gasteiger charge is -2.37. The molecule has 2 aliphatic carbocycles. The van der Waals surface area contributed by atoms with E-state index >= 15 is 0 Å². The predicted molar refractivity (Wildman–Crippen MR) is 98.0 cm³/mol. The van der Waals surface area contributed by atoms with Crippen LogP contribution in [0.3, 0.4) is 0 Å². The predicted octanol–water partition coefficient (Wildman–Crippen LogP) is 7.17. The van der Waals surface area contributed by atoms with Crippen LogP contribution in [0.15, 0.2) is 18.2 Å². The molecular formula is C22H34F2. The molecule has 0 heterocycles. The van der Waals surface area contributed by atoms with Gasteiger partial charge in [0.25, 0.3) is 0 Å². The van der Waals surface area contributed by atoms with E-state index < -0.39 is 11.6 Å². The number of rotatable bonds is 4. The van der Waals surface area contributed by atoms with E-state index in [0.29, 0.717) is 0 Å². The second kappa shape index (κ2) is 8.97. The van der Waals surface area contributed by atoms with Gasteiger partial charge in [-0.05, 0) is 79.9 Å². The molecule has 0 bridgehead atoms. The van der Waals surface area contributed by atoms with Gasteiger partial charge >= 0.3 is 0 Å². The summed E-state index contributed by atoms with van der Waals surface area (Å²) in [6.45, 7) is 2.39. The summed E-state index contributed by atoms with van der Waals surface area (Å²) >= 11 is 0. The molecule has 1 aromatic carbocycles. The van der Waals surface area contributed by atoms with Crippen LogP contribution in [0.1, 0.15) is 77.7 Å². The van der Waals surface area contributed by atoms with Crippen LogP contribution in [-0.2, 0) is 6.42 Å². The van der Waals surface area contributed by atoms with Crippen molar-refractivity contribution in [3.63, 3.8) is 0 Å². The maximum Gasteiger partial charge on any atom is 0.159 e. The van der Waals surface area contributed by atoms with E-state index in [1.165, 1.54) is 63.5 Å². The highest BCUT2D eigenvalue weighted by Gasteiger charge is 2.29. The van der Waals surface area contributed by atoms with Crippen molar-refractivity contribution in [2.75, 3.05) is 0 Å². The molecule has 0 amide bonds. The first-order chi connectivity index (χ1) is 11.1. The Morgan fingerprint density at radius 1 is 0.833 bits per heavy atom. The second-order valence-electron chi connectivity index (χ2n) is 8.09. The molecular weight excluding hydrogens is 302 g/mol. The molecule has 0 radical (unpaired) electrons. The van der Waals surface area contributed by atoms with Gasteiger partial charge in [0.05, 0.1) is 0 Å². The average molecular weight is 337 g/mol. The summed E-state index contributed by atoms with van der Waals surface area (Å²) in [5, 5.41) is 0. The fourth-order valence-electron chi connectivity index (χ4n) is 4.77. The van der Waals surface area contributed by atoms with E-state index in [2.05, 4.69) is 6.92 Å². The van der Waals surface area contributed by atoms with Crippen molar-refractivity contribution in [3.05, 3.63) is 35.4 Å². The van der Waals surface area contributed by atoms with Gasteiger partial charge in [-0.15, -0.1) is 0 Å². The lowest BCUT2D eigenvalue weighted by atomic mass is 9.69. The molecule has 0 nitrogen and oxygen atoms in total. The van der Waals surface area contributed by atoms with Crippen molar-refractivity contribution >= 4 is 0 Å². The summed E-state index contributed by atoms with van der Waals surface area (Å²) in [5.41, 5.74) is 0.937. The van der Waals surface area contributed by atoms with E-state index in [1.807, 2.05) is 0 Å². The fraction of sp³-hybridized carbons (Fsp3) is 0.727. The third-order valence-electron chi connectivity index (χ3n) is 6.44. The van der Waals surface area contributed by atoms with Gasteiger partial charge in [-0.1, -0.05) is 46.1 Å². The summed E-state index contributed by atoms with van der Waals surface area (Å²) in [4.78, 5) is 0. The molecule has 0 saturated heterocycles.